The molecule has 0 aromatic heterocycles. The van der Waals surface area contributed by atoms with E-state index in [2.05, 4.69) is 4.90 Å². The Balaban J connectivity index is 1.09. The number of nitrogens with zero attached hydrogens (tertiary/aromatic N) is 4. The molecule has 2 aromatic carbocycles. The normalized spacial score (nSPS) is 18.6. The zero-order valence-corrected chi connectivity index (χ0v) is 22.1. The van der Waals surface area contributed by atoms with Crippen molar-refractivity contribution in [2.24, 2.45) is 0 Å². The topological polar surface area (TPSA) is 73.4 Å². The molecule has 0 unspecified atom stereocenters. The maximum Gasteiger partial charge on any atom is 0.254 e. The lowest BCUT2D eigenvalue weighted by Crippen LogP contribution is -2.52. The van der Waals surface area contributed by atoms with Crippen LogP contribution in [-0.4, -0.2) is 91.4 Å². The molecule has 0 atom stereocenters. The quantitative estimate of drug-likeness (QED) is 0.499. The average Bonchev–Trinajstić information content (AvgIpc) is 3.51. The number of ether oxygens (including phenoxy) is 1. The van der Waals surface area contributed by atoms with Gasteiger partial charge in [0.05, 0.1) is 6.61 Å². The number of carbonyl (C=O) groups is 3. The zero-order valence-electron chi connectivity index (χ0n) is 22.1. The van der Waals surface area contributed by atoms with Crippen LogP contribution in [0.5, 0.6) is 5.75 Å². The Hall–Kier alpha value is -3.39. The number of hydrogen-bond donors (Lipinski definition) is 0. The minimum absolute atomic E-state index is 0.0131. The maximum absolute atomic E-state index is 13.0. The summed E-state index contributed by atoms with van der Waals surface area (Å²) in [4.78, 5) is 46.2. The van der Waals surface area contributed by atoms with Gasteiger partial charge in [0.1, 0.15) is 12.3 Å². The number of hydrogen-bond acceptors (Lipinski definition) is 5. The molecular weight excluding hydrogens is 480 g/mol. The lowest BCUT2D eigenvalue weighted by molar-refractivity contribution is -0.120. The first-order chi connectivity index (χ1) is 18.6. The van der Waals surface area contributed by atoms with Gasteiger partial charge in [-0.3, -0.25) is 14.4 Å². The van der Waals surface area contributed by atoms with Crippen LogP contribution in [0.2, 0.25) is 0 Å². The first kappa shape index (κ1) is 26.2. The Morgan fingerprint density at radius 2 is 1.29 bits per heavy atom. The largest absolute Gasteiger partial charge is 0.494 e. The van der Waals surface area contributed by atoms with Gasteiger partial charge in [-0.2, -0.15) is 0 Å². The van der Waals surface area contributed by atoms with Crippen LogP contribution in [0.1, 0.15) is 59.2 Å². The van der Waals surface area contributed by atoms with E-state index in [0.29, 0.717) is 30.8 Å². The summed E-state index contributed by atoms with van der Waals surface area (Å²) in [7, 11) is 0. The highest BCUT2D eigenvalue weighted by Gasteiger charge is 2.29. The second-order valence-corrected chi connectivity index (χ2v) is 10.4. The van der Waals surface area contributed by atoms with E-state index in [1.54, 1.807) is 34.1 Å². The van der Waals surface area contributed by atoms with E-state index in [1.807, 2.05) is 29.2 Å². The first-order valence-electron chi connectivity index (χ1n) is 14.0. The second-order valence-electron chi connectivity index (χ2n) is 10.4. The van der Waals surface area contributed by atoms with E-state index in [9.17, 15) is 14.4 Å². The average molecular weight is 519 g/mol. The van der Waals surface area contributed by atoms with Crippen LogP contribution in [0.4, 0.5) is 5.69 Å². The Morgan fingerprint density at radius 3 is 1.92 bits per heavy atom. The molecule has 0 saturated carbocycles. The van der Waals surface area contributed by atoms with Crippen LogP contribution >= 0.6 is 0 Å². The number of amides is 3. The van der Waals surface area contributed by atoms with E-state index >= 15 is 0 Å². The van der Waals surface area contributed by atoms with Gasteiger partial charge in [-0.25, -0.2) is 0 Å². The second kappa shape index (κ2) is 12.4. The van der Waals surface area contributed by atoms with Crippen molar-refractivity contribution < 1.29 is 19.1 Å². The van der Waals surface area contributed by atoms with Crippen molar-refractivity contribution in [2.45, 2.75) is 38.5 Å². The lowest BCUT2D eigenvalue weighted by Gasteiger charge is -2.34. The van der Waals surface area contributed by atoms with Crippen molar-refractivity contribution >= 4 is 23.4 Å². The fourth-order valence-electron chi connectivity index (χ4n) is 5.54. The van der Waals surface area contributed by atoms with Crippen LogP contribution in [0.3, 0.4) is 0 Å². The zero-order chi connectivity index (χ0) is 26.3. The molecule has 8 nitrogen and oxygen atoms in total. The number of piperazine rings is 1. The number of carbonyl (C=O) groups excluding carboxylic acids is 3. The van der Waals surface area contributed by atoms with E-state index < -0.39 is 0 Å². The third-order valence-corrected chi connectivity index (χ3v) is 7.76. The Morgan fingerprint density at radius 1 is 0.684 bits per heavy atom. The van der Waals surface area contributed by atoms with Crippen LogP contribution in [0.25, 0.3) is 0 Å². The molecule has 3 aliphatic rings. The van der Waals surface area contributed by atoms with Gasteiger partial charge in [-0.05, 0) is 93.7 Å². The molecule has 5 rings (SSSR count). The Labute approximate surface area is 225 Å². The summed E-state index contributed by atoms with van der Waals surface area (Å²) in [6.45, 7) is 6.67. The Bertz CT molecular complexity index is 1110. The minimum atomic E-state index is -0.188. The third kappa shape index (κ3) is 6.35. The fraction of sp³-hybridized carbons (Fsp3) is 0.500. The summed E-state index contributed by atoms with van der Waals surface area (Å²) in [6, 6.07) is 14.4. The van der Waals surface area contributed by atoms with Crippen LogP contribution in [0, 0.1) is 0 Å². The van der Waals surface area contributed by atoms with Crippen molar-refractivity contribution in [2.75, 3.05) is 63.9 Å². The lowest BCUT2D eigenvalue weighted by atomic mass is 10.1. The molecule has 0 radical (unpaired) electrons. The molecule has 3 aliphatic heterocycles. The van der Waals surface area contributed by atoms with E-state index in [-0.39, 0.29) is 24.3 Å². The standard InChI is InChI=1S/C30H38N4O4/c35-28-23-33(30(37)25-9-7-24(8-10-25)29(36)32-18-4-5-19-32)20-21-34(28)26-11-13-27(14-12-26)38-22-6-17-31-15-2-1-3-16-31/h7-14H,1-6,15-23H2. The summed E-state index contributed by atoms with van der Waals surface area (Å²) >= 11 is 0. The molecule has 3 amide bonds. The summed E-state index contributed by atoms with van der Waals surface area (Å²) in [5, 5.41) is 0. The van der Waals surface area contributed by atoms with Crippen LogP contribution in [0.15, 0.2) is 48.5 Å². The molecule has 0 N–H and O–H groups in total. The number of benzene rings is 2. The highest BCUT2D eigenvalue weighted by Crippen LogP contribution is 2.23. The van der Waals surface area contributed by atoms with Gasteiger partial charge < -0.3 is 24.3 Å². The molecule has 3 heterocycles. The predicted octanol–water partition coefficient (Wildman–Crippen LogP) is 3.67. The summed E-state index contributed by atoms with van der Waals surface area (Å²) in [5.41, 5.74) is 1.90. The molecule has 3 saturated heterocycles. The van der Waals surface area contributed by atoms with Gasteiger partial charge in [0, 0.05) is 49.5 Å². The van der Waals surface area contributed by atoms with Gasteiger partial charge in [0.2, 0.25) is 5.91 Å². The maximum atomic E-state index is 13.0. The molecule has 2 aromatic rings. The van der Waals surface area contributed by atoms with Gasteiger partial charge in [-0.1, -0.05) is 6.42 Å². The molecule has 0 aliphatic carbocycles. The number of likely N-dealkylation sites (tertiary alicyclic amines) is 2. The van der Waals surface area contributed by atoms with Crippen LogP contribution < -0.4 is 9.64 Å². The van der Waals surface area contributed by atoms with Crippen molar-refractivity contribution in [3.63, 3.8) is 0 Å². The highest BCUT2D eigenvalue weighted by atomic mass is 16.5. The van der Waals surface area contributed by atoms with E-state index in [0.717, 1.165) is 50.3 Å². The van der Waals surface area contributed by atoms with Gasteiger partial charge >= 0.3 is 0 Å². The molecule has 0 bridgehead atoms. The van der Waals surface area contributed by atoms with Crippen molar-refractivity contribution in [3.05, 3.63) is 59.7 Å². The molecule has 0 spiro atoms. The van der Waals surface area contributed by atoms with Gasteiger partial charge in [0.15, 0.2) is 0 Å². The Kier molecular flexibility index (Phi) is 8.58. The summed E-state index contributed by atoms with van der Waals surface area (Å²) in [5.74, 6) is 0.520. The van der Waals surface area contributed by atoms with Gasteiger partial charge in [-0.15, -0.1) is 0 Å². The summed E-state index contributed by atoms with van der Waals surface area (Å²) < 4.78 is 5.91. The summed E-state index contributed by atoms with van der Waals surface area (Å²) in [6.07, 6.45) is 7.05. The number of rotatable bonds is 8. The van der Waals surface area contributed by atoms with Crippen LogP contribution in [-0.2, 0) is 4.79 Å². The molecule has 3 fully saturated rings. The molecule has 202 valence electrons. The van der Waals surface area contributed by atoms with Crippen molar-refractivity contribution in [1.82, 2.24) is 14.7 Å². The smallest absolute Gasteiger partial charge is 0.254 e. The SMILES string of the molecule is O=C(c1ccc(C(=O)N2CCN(c3ccc(OCCCN4CCCCC4)cc3)C(=O)C2)cc1)N1CCCC1. The monoisotopic (exact) mass is 518 g/mol. The third-order valence-electron chi connectivity index (χ3n) is 7.76. The van der Waals surface area contributed by atoms with Crippen molar-refractivity contribution in [1.29, 1.82) is 0 Å². The molecule has 38 heavy (non-hydrogen) atoms. The highest BCUT2D eigenvalue weighted by molar-refractivity contribution is 6.02. The minimum Gasteiger partial charge on any atom is -0.494 e. The predicted molar refractivity (Wildman–Crippen MR) is 147 cm³/mol. The fourth-order valence-corrected chi connectivity index (χ4v) is 5.54. The van der Waals surface area contributed by atoms with Crippen molar-refractivity contribution in [3.8, 4) is 5.75 Å². The number of anilines is 1. The first-order valence-corrected chi connectivity index (χ1v) is 14.0. The van der Waals surface area contributed by atoms with Gasteiger partial charge in [0.25, 0.3) is 11.8 Å². The van der Waals surface area contributed by atoms with E-state index in [1.165, 1.54) is 32.4 Å². The van der Waals surface area contributed by atoms with E-state index in [4.69, 9.17) is 4.74 Å². The molecular formula is C30H38N4O4. The number of piperidine rings is 1. The molecule has 8 heteroatoms.